The Labute approximate surface area is 88.6 Å². The molecule has 1 aromatic carbocycles. The quantitative estimate of drug-likeness (QED) is 0.589. The number of benzene rings is 1. The third-order valence-electron chi connectivity index (χ3n) is 2.24. The topological polar surface area (TPSA) is 50.9 Å². The summed E-state index contributed by atoms with van der Waals surface area (Å²) in [4.78, 5) is 4.26. The SMILES string of the molecule is C=CCNc1ccc(N)c2ncccc12. The van der Waals surface area contributed by atoms with Crippen LogP contribution in [0.4, 0.5) is 11.4 Å². The van der Waals surface area contributed by atoms with Gasteiger partial charge in [-0.2, -0.15) is 0 Å². The van der Waals surface area contributed by atoms with E-state index in [4.69, 9.17) is 5.73 Å². The van der Waals surface area contributed by atoms with Crippen LogP contribution in [-0.2, 0) is 0 Å². The van der Waals surface area contributed by atoms with Crippen molar-refractivity contribution < 1.29 is 0 Å². The zero-order chi connectivity index (χ0) is 10.7. The molecule has 0 spiro atoms. The highest BCUT2D eigenvalue weighted by molar-refractivity contribution is 5.98. The molecule has 0 aliphatic rings. The molecule has 0 amide bonds. The summed E-state index contributed by atoms with van der Waals surface area (Å²) in [5.41, 5.74) is 8.42. The molecule has 3 heteroatoms. The van der Waals surface area contributed by atoms with Gasteiger partial charge in [-0.15, -0.1) is 6.58 Å². The van der Waals surface area contributed by atoms with Gasteiger partial charge in [0.25, 0.3) is 0 Å². The molecule has 0 saturated heterocycles. The van der Waals surface area contributed by atoms with Crippen LogP contribution in [-0.4, -0.2) is 11.5 Å². The first kappa shape index (κ1) is 9.52. The van der Waals surface area contributed by atoms with Gasteiger partial charge in [-0.25, -0.2) is 0 Å². The molecule has 3 nitrogen and oxygen atoms in total. The van der Waals surface area contributed by atoms with Crippen LogP contribution in [0.1, 0.15) is 0 Å². The van der Waals surface area contributed by atoms with Crippen LogP contribution in [0.5, 0.6) is 0 Å². The zero-order valence-electron chi connectivity index (χ0n) is 8.40. The predicted octanol–water partition coefficient (Wildman–Crippen LogP) is 2.41. The lowest BCUT2D eigenvalue weighted by atomic mass is 10.1. The number of anilines is 2. The normalized spacial score (nSPS) is 10.1. The second-order valence-electron chi connectivity index (χ2n) is 3.27. The highest BCUT2D eigenvalue weighted by atomic mass is 14.9. The lowest BCUT2D eigenvalue weighted by molar-refractivity contribution is 1.34. The molecule has 0 atom stereocenters. The molecule has 0 unspecified atom stereocenters. The van der Waals surface area contributed by atoms with Crippen molar-refractivity contribution in [3.05, 3.63) is 43.1 Å². The first-order valence-corrected chi connectivity index (χ1v) is 4.81. The maximum atomic E-state index is 5.84. The fourth-order valence-corrected chi connectivity index (χ4v) is 1.53. The van der Waals surface area contributed by atoms with Crippen LogP contribution in [0.15, 0.2) is 43.1 Å². The van der Waals surface area contributed by atoms with Crippen LogP contribution < -0.4 is 11.1 Å². The van der Waals surface area contributed by atoms with Gasteiger partial charge in [-0.1, -0.05) is 6.08 Å². The molecule has 0 aliphatic heterocycles. The smallest absolute Gasteiger partial charge is 0.0951 e. The number of fused-ring (bicyclic) bond motifs is 1. The first-order chi connectivity index (χ1) is 7.33. The molecule has 1 aromatic heterocycles. The second kappa shape index (κ2) is 4.00. The molecule has 15 heavy (non-hydrogen) atoms. The van der Waals surface area contributed by atoms with E-state index in [9.17, 15) is 0 Å². The Morgan fingerprint density at radius 1 is 1.40 bits per heavy atom. The fourth-order valence-electron chi connectivity index (χ4n) is 1.53. The molecule has 0 fully saturated rings. The van der Waals surface area contributed by atoms with Crippen LogP contribution in [0.2, 0.25) is 0 Å². The number of hydrogen-bond acceptors (Lipinski definition) is 3. The van der Waals surface area contributed by atoms with Crippen LogP contribution >= 0.6 is 0 Å². The van der Waals surface area contributed by atoms with E-state index in [-0.39, 0.29) is 0 Å². The molecule has 0 bridgehead atoms. The third kappa shape index (κ3) is 1.76. The number of nitrogen functional groups attached to an aromatic ring is 1. The molecule has 0 saturated carbocycles. The molecule has 2 aromatic rings. The largest absolute Gasteiger partial charge is 0.397 e. The average Bonchev–Trinajstić information content (AvgIpc) is 2.29. The molecule has 76 valence electrons. The lowest BCUT2D eigenvalue weighted by Gasteiger charge is -2.08. The van der Waals surface area contributed by atoms with Gasteiger partial charge in [-0.05, 0) is 24.3 Å². The van der Waals surface area contributed by atoms with E-state index in [1.807, 2.05) is 30.3 Å². The monoisotopic (exact) mass is 199 g/mol. The van der Waals surface area contributed by atoms with Crippen LogP contribution in [0, 0.1) is 0 Å². The number of pyridine rings is 1. The van der Waals surface area contributed by atoms with Crippen molar-refractivity contribution in [3.8, 4) is 0 Å². The van der Waals surface area contributed by atoms with E-state index < -0.39 is 0 Å². The minimum absolute atomic E-state index is 0.703. The number of nitrogens with zero attached hydrogens (tertiary/aromatic N) is 1. The van der Waals surface area contributed by atoms with Crippen molar-refractivity contribution in [1.29, 1.82) is 0 Å². The van der Waals surface area contributed by atoms with E-state index in [0.29, 0.717) is 5.69 Å². The Hall–Kier alpha value is -2.03. The lowest BCUT2D eigenvalue weighted by Crippen LogP contribution is -2.00. The maximum absolute atomic E-state index is 5.84. The summed E-state index contributed by atoms with van der Waals surface area (Å²) in [6, 6.07) is 7.73. The van der Waals surface area contributed by atoms with E-state index >= 15 is 0 Å². The van der Waals surface area contributed by atoms with Gasteiger partial charge in [0.05, 0.1) is 11.2 Å². The standard InChI is InChI=1S/C12H13N3/c1-2-7-14-11-6-5-10(13)12-9(11)4-3-8-15-12/h2-6,8,14H,1,7,13H2. The minimum Gasteiger partial charge on any atom is -0.397 e. The van der Waals surface area contributed by atoms with Gasteiger partial charge < -0.3 is 11.1 Å². The first-order valence-electron chi connectivity index (χ1n) is 4.81. The number of rotatable bonds is 3. The van der Waals surface area contributed by atoms with Crippen molar-refractivity contribution in [2.75, 3.05) is 17.6 Å². The fraction of sp³-hybridized carbons (Fsp3) is 0.0833. The summed E-state index contributed by atoms with van der Waals surface area (Å²) in [6.45, 7) is 4.40. The van der Waals surface area contributed by atoms with E-state index in [1.54, 1.807) is 6.20 Å². The number of nitrogens with one attached hydrogen (secondary N) is 1. The van der Waals surface area contributed by atoms with Gasteiger partial charge in [0.15, 0.2) is 0 Å². The Bertz CT molecular complexity index is 491. The summed E-state index contributed by atoms with van der Waals surface area (Å²) in [5, 5.41) is 4.29. The van der Waals surface area contributed by atoms with E-state index in [0.717, 1.165) is 23.1 Å². The van der Waals surface area contributed by atoms with Gasteiger partial charge in [-0.3, -0.25) is 4.98 Å². The van der Waals surface area contributed by atoms with Crippen molar-refractivity contribution in [2.24, 2.45) is 0 Å². The predicted molar refractivity (Wildman–Crippen MR) is 64.8 cm³/mol. The Balaban J connectivity index is 2.56. The van der Waals surface area contributed by atoms with Crippen LogP contribution in [0.25, 0.3) is 10.9 Å². The average molecular weight is 199 g/mol. The number of nitrogens with two attached hydrogens (primary N) is 1. The van der Waals surface area contributed by atoms with Crippen molar-refractivity contribution >= 4 is 22.3 Å². The van der Waals surface area contributed by atoms with Gasteiger partial charge >= 0.3 is 0 Å². The minimum atomic E-state index is 0.703. The number of aromatic nitrogens is 1. The Kier molecular flexibility index (Phi) is 2.54. The summed E-state index contributed by atoms with van der Waals surface area (Å²) >= 11 is 0. The maximum Gasteiger partial charge on any atom is 0.0951 e. The molecule has 1 heterocycles. The van der Waals surface area contributed by atoms with Gasteiger partial charge in [0, 0.05) is 23.8 Å². The molecular formula is C12H13N3. The highest BCUT2D eigenvalue weighted by Crippen LogP contribution is 2.25. The Morgan fingerprint density at radius 3 is 3.07 bits per heavy atom. The van der Waals surface area contributed by atoms with Crippen molar-refractivity contribution in [1.82, 2.24) is 4.98 Å². The molecule has 0 radical (unpaired) electrons. The molecular weight excluding hydrogens is 186 g/mol. The van der Waals surface area contributed by atoms with Crippen molar-refractivity contribution in [3.63, 3.8) is 0 Å². The van der Waals surface area contributed by atoms with Crippen LogP contribution in [0.3, 0.4) is 0 Å². The number of hydrogen-bond donors (Lipinski definition) is 2. The summed E-state index contributed by atoms with van der Waals surface area (Å²) < 4.78 is 0. The molecule has 3 N–H and O–H groups in total. The summed E-state index contributed by atoms with van der Waals surface area (Å²) in [7, 11) is 0. The third-order valence-corrected chi connectivity index (χ3v) is 2.24. The molecule has 2 rings (SSSR count). The Morgan fingerprint density at radius 2 is 2.27 bits per heavy atom. The van der Waals surface area contributed by atoms with Gasteiger partial charge in [0.1, 0.15) is 0 Å². The van der Waals surface area contributed by atoms with Gasteiger partial charge in [0.2, 0.25) is 0 Å². The van der Waals surface area contributed by atoms with E-state index in [2.05, 4.69) is 16.9 Å². The van der Waals surface area contributed by atoms with E-state index in [1.165, 1.54) is 0 Å². The molecule has 0 aliphatic carbocycles. The summed E-state index contributed by atoms with van der Waals surface area (Å²) in [6.07, 6.45) is 3.56. The summed E-state index contributed by atoms with van der Waals surface area (Å²) in [5.74, 6) is 0. The highest BCUT2D eigenvalue weighted by Gasteiger charge is 2.02. The zero-order valence-corrected chi connectivity index (χ0v) is 8.40. The second-order valence-corrected chi connectivity index (χ2v) is 3.27. The van der Waals surface area contributed by atoms with Crippen molar-refractivity contribution in [2.45, 2.75) is 0 Å².